The number of amides is 1. The number of H-pyrrole nitrogens is 2. The number of nitrogens with zero attached hydrogens (tertiary/aromatic N) is 3. The summed E-state index contributed by atoms with van der Waals surface area (Å²) in [7, 11) is -2.99. The number of pyridine rings is 1. The van der Waals surface area contributed by atoms with E-state index in [2.05, 4.69) is 38.6 Å². The number of carbonyl (C=O) groups is 1. The normalized spacial score (nSPS) is 17.2. The van der Waals surface area contributed by atoms with Gasteiger partial charge in [0.05, 0.1) is 22.5 Å². The molecule has 0 aliphatic carbocycles. The Morgan fingerprint density at radius 2 is 2.00 bits per heavy atom. The Hall–Kier alpha value is -3.48. The van der Waals surface area contributed by atoms with Crippen molar-refractivity contribution in [2.24, 2.45) is 0 Å². The first-order valence-corrected chi connectivity index (χ1v) is 17.2. The molecule has 1 unspecified atom stereocenters. The molecule has 4 aromatic rings. The number of anilines is 1. The smallest absolute Gasteiger partial charge is 0.261 e. The first-order valence-electron chi connectivity index (χ1n) is 14.5. The zero-order valence-corrected chi connectivity index (χ0v) is 25.5. The van der Waals surface area contributed by atoms with E-state index < -0.39 is 9.84 Å². The van der Waals surface area contributed by atoms with Crippen molar-refractivity contribution in [3.63, 3.8) is 0 Å². The number of fused-ring (bicyclic) bond motifs is 2. The standard InChI is InChI=1S/C30H36N6O4S2/c1-3-42(39,40)14-12-35-10-7-21(8-11-35)36-18-20-16-25-26(17-23(20)30(36)38)34-28(33-25)27-24(6-9-31-29(27)37)32-19(2)15-22-5-4-13-41-22/h4-6,9,13,16-17,19,21H,3,7-8,10-12,14-15,18H2,1-2H3,(H,33,34)(H2,31,32,37). The molecule has 0 radical (unpaired) electrons. The molecule has 2 aliphatic rings. The number of rotatable bonds is 10. The van der Waals surface area contributed by atoms with Crippen LogP contribution < -0.4 is 10.9 Å². The predicted octanol–water partition coefficient (Wildman–Crippen LogP) is 3.88. The van der Waals surface area contributed by atoms with E-state index in [0.29, 0.717) is 41.2 Å². The number of likely N-dealkylation sites (tertiary alicyclic amines) is 1. The molecule has 42 heavy (non-hydrogen) atoms. The number of aromatic nitrogens is 3. The molecule has 1 aromatic carbocycles. The zero-order chi connectivity index (χ0) is 29.4. The summed E-state index contributed by atoms with van der Waals surface area (Å²) in [4.78, 5) is 42.7. The Kier molecular flexibility index (Phi) is 7.95. The molecule has 222 valence electrons. The van der Waals surface area contributed by atoms with Crippen LogP contribution in [0.1, 0.15) is 47.5 Å². The molecule has 1 fully saturated rings. The van der Waals surface area contributed by atoms with E-state index in [-0.39, 0.29) is 35.1 Å². The number of imidazole rings is 1. The van der Waals surface area contributed by atoms with Gasteiger partial charge in [0.25, 0.3) is 11.5 Å². The summed E-state index contributed by atoms with van der Waals surface area (Å²) in [5, 5.41) is 5.54. The van der Waals surface area contributed by atoms with Gasteiger partial charge in [-0.2, -0.15) is 0 Å². The average Bonchev–Trinajstić information content (AvgIpc) is 3.70. The third-order valence-electron chi connectivity index (χ3n) is 8.38. The third-order valence-corrected chi connectivity index (χ3v) is 11.0. The van der Waals surface area contributed by atoms with E-state index in [1.807, 2.05) is 29.2 Å². The van der Waals surface area contributed by atoms with Crippen LogP contribution >= 0.6 is 11.3 Å². The van der Waals surface area contributed by atoms with Crippen molar-refractivity contribution in [1.82, 2.24) is 24.8 Å². The van der Waals surface area contributed by atoms with Gasteiger partial charge in [-0.1, -0.05) is 13.0 Å². The highest BCUT2D eigenvalue weighted by Crippen LogP contribution is 2.33. The molecule has 6 rings (SSSR count). The number of piperidine rings is 1. The Morgan fingerprint density at radius 1 is 1.19 bits per heavy atom. The number of nitrogens with one attached hydrogen (secondary N) is 3. The van der Waals surface area contributed by atoms with E-state index in [9.17, 15) is 18.0 Å². The maximum atomic E-state index is 13.5. The van der Waals surface area contributed by atoms with Gasteiger partial charge in [0.2, 0.25) is 0 Å². The van der Waals surface area contributed by atoms with Crippen LogP contribution in [0.15, 0.2) is 46.7 Å². The lowest BCUT2D eigenvalue weighted by atomic mass is 10.0. The van der Waals surface area contributed by atoms with Crippen molar-refractivity contribution >= 4 is 43.8 Å². The van der Waals surface area contributed by atoms with Gasteiger partial charge in [0, 0.05) is 67.1 Å². The van der Waals surface area contributed by atoms with Gasteiger partial charge in [-0.3, -0.25) is 9.59 Å². The fourth-order valence-corrected chi connectivity index (χ4v) is 7.66. The second kappa shape index (κ2) is 11.7. The molecule has 1 saturated heterocycles. The number of thiophene rings is 1. The molecule has 3 aromatic heterocycles. The predicted molar refractivity (Wildman–Crippen MR) is 167 cm³/mol. The van der Waals surface area contributed by atoms with Crippen LogP contribution in [0, 0.1) is 0 Å². The lowest BCUT2D eigenvalue weighted by Crippen LogP contribution is -2.46. The largest absolute Gasteiger partial charge is 0.381 e. The van der Waals surface area contributed by atoms with E-state index in [1.165, 1.54) is 4.88 Å². The van der Waals surface area contributed by atoms with Crippen LogP contribution in [0.5, 0.6) is 0 Å². The number of benzene rings is 1. The highest BCUT2D eigenvalue weighted by Gasteiger charge is 2.35. The summed E-state index contributed by atoms with van der Waals surface area (Å²) in [5.41, 5.74) is 3.94. The van der Waals surface area contributed by atoms with Crippen molar-refractivity contribution in [3.8, 4) is 11.4 Å². The van der Waals surface area contributed by atoms with Crippen LogP contribution in [-0.4, -0.2) is 82.3 Å². The summed E-state index contributed by atoms with van der Waals surface area (Å²) in [5.74, 6) is 0.821. The number of hydrogen-bond acceptors (Lipinski definition) is 8. The summed E-state index contributed by atoms with van der Waals surface area (Å²) >= 11 is 1.71. The highest BCUT2D eigenvalue weighted by atomic mass is 32.2. The molecular weight excluding hydrogens is 573 g/mol. The topological polar surface area (TPSA) is 131 Å². The molecule has 3 N–H and O–H groups in total. The van der Waals surface area contributed by atoms with Gasteiger partial charge in [-0.15, -0.1) is 11.3 Å². The van der Waals surface area contributed by atoms with Crippen molar-refractivity contribution in [3.05, 3.63) is 68.3 Å². The molecule has 1 amide bonds. The summed E-state index contributed by atoms with van der Waals surface area (Å²) in [6.07, 6.45) is 4.12. The Labute approximate surface area is 249 Å². The average molecular weight is 609 g/mol. The summed E-state index contributed by atoms with van der Waals surface area (Å²) < 4.78 is 23.8. The molecular formula is C30H36N6O4S2. The molecule has 12 heteroatoms. The van der Waals surface area contributed by atoms with E-state index in [1.54, 1.807) is 24.5 Å². The fourth-order valence-electron chi connectivity index (χ4n) is 6.00. The molecule has 0 spiro atoms. The Morgan fingerprint density at radius 3 is 2.74 bits per heavy atom. The molecule has 0 saturated carbocycles. The minimum absolute atomic E-state index is 0.00535. The number of hydrogen-bond donors (Lipinski definition) is 3. The lowest BCUT2D eigenvalue weighted by molar-refractivity contribution is 0.0603. The first kappa shape index (κ1) is 28.6. The van der Waals surface area contributed by atoms with Gasteiger partial charge in [0.15, 0.2) is 9.84 Å². The van der Waals surface area contributed by atoms with Crippen LogP contribution in [0.3, 0.4) is 0 Å². The third kappa shape index (κ3) is 5.88. The van der Waals surface area contributed by atoms with Gasteiger partial charge in [-0.05, 0) is 55.0 Å². The minimum atomic E-state index is -2.99. The van der Waals surface area contributed by atoms with Crippen LogP contribution in [-0.2, 0) is 22.8 Å². The van der Waals surface area contributed by atoms with Crippen LogP contribution in [0.2, 0.25) is 0 Å². The van der Waals surface area contributed by atoms with Gasteiger partial charge >= 0.3 is 0 Å². The minimum Gasteiger partial charge on any atom is -0.381 e. The number of sulfone groups is 1. The monoisotopic (exact) mass is 608 g/mol. The molecule has 0 bridgehead atoms. The first-order chi connectivity index (χ1) is 20.2. The second-order valence-electron chi connectivity index (χ2n) is 11.3. The van der Waals surface area contributed by atoms with Crippen molar-refractivity contribution in [2.45, 2.75) is 51.7 Å². The van der Waals surface area contributed by atoms with Gasteiger partial charge < -0.3 is 25.1 Å². The van der Waals surface area contributed by atoms with E-state index in [4.69, 9.17) is 4.98 Å². The second-order valence-corrected chi connectivity index (χ2v) is 14.8. The van der Waals surface area contributed by atoms with Crippen LogP contribution in [0.4, 0.5) is 5.69 Å². The summed E-state index contributed by atoms with van der Waals surface area (Å²) in [6.45, 7) is 6.41. The zero-order valence-electron chi connectivity index (χ0n) is 23.9. The fraction of sp³-hybridized carbons (Fsp3) is 0.433. The summed E-state index contributed by atoms with van der Waals surface area (Å²) in [6, 6.07) is 10.0. The van der Waals surface area contributed by atoms with E-state index in [0.717, 1.165) is 43.4 Å². The van der Waals surface area contributed by atoms with Crippen molar-refractivity contribution in [2.75, 3.05) is 36.5 Å². The molecule has 10 nitrogen and oxygen atoms in total. The van der Waals surface area contributed by atoms with Crippen molar-refractivity contribution < 1.29 is 13.2 Å². The van der Waals surface area contributed by atoms with Gasteiger partial charge in [-0.25, -0.2) is 13.4 Å². The molecule has 5 heterocycles. The maximum Gasteiger partial charge on any atom is 0.261 e. The van der Waals surface area contributed by atoms with E-state index >= 15 is 0 Å². The Bertz CT molecular complexity index is 1750. The van der Waals surface area contributed by atoms with Crippen molar-refractivity contribution in [1.29, 1.82) is 0 Å². The lowest BCUT2D eigenvalue weighted by Gasteiger charge is -2.36. The number of carbonyl (C=O) groups excluding carboxylic acids is 1. The maximum absolute atomic E-state index is 13.5. The molecule has 2 aliphatic heterocycles. The quantitative estimate of drug-likeness (QED) is 0.249. The molecule has 1 atom stereocenters. The SMILES string of the molecule is CCS(=O)(=O)CCN1CCC(N2Cc3cc4[nH]c(-c5c(NC(C)Cc6cccs6)cc[nH]c5=O)nc4cc3C2=O)CC1. The number of aromatic amines is 2. The van der Waals surface area contributed by atoms with Gasteiger partial charge in [0.1, 0.15) is 11.4 Å². The van der Waals surface area contributed by atoms with Crippen LogP contribution in [0.25, 0.3) is 22.4 Å². The highest BCUT2D eigenvalue weighted by molar-refractivity contribution is 7.91. The Balaban J connectivity index is 1.17.